The van der Waals surface area contributed by atoms with Gasteiger partial charge in [-0.3, -0.25) is 14.9 Å². The fourth-order valence-electron chi connectivity index (χ4n) is 3.34. The number of rotatable bonds is 7. The number of methoxy groups -OCH3 is 1. The van der Waals surface area contributed by atoms with Crippen molar-refractivity contribution in [1.82, 2.24) is 0 Å². The Morgan fingerprint density at radius 1 is 1.34 bits per heavy atom. The summed E-state index contributed by atoms with van der Waals surface area (Å²) in [5.74, 6) is -0.230. The number of benzene rings is 1. The molecule has 1 N–H and O–H groups in total. The van der Waals surface area contributed by atoms with Crippen LogP contribution in [0.15, 0.2) is 24.3 Å². The predicted molar refractivity (Wildman–Crippen MR) is 109 cm³/mol. The van der Waals surface area contributed by atoms with Crippen LogP contribution in [-0.2, 0) is 22.4 Å². The van der Waals surface area contributed by atoms with Crippen molar-refractivity contribution >= 4 is 34.6 Å². The molecule has 0 radical (unpaired) electrons. The molecule has 0 unspecified atom stereocenters. The highest BCUT2D eigenvalue weighted by Crippen LogP contribution is 2.34. The van der Waals surface area contributed by atoms with Gasteiger partial charge in [0.1, 0.15) is 10.6 Å². The predicted octanol–water partition coefficient (Wildman–Crippen LogP) is 3.98. The van der Waals surface area contributed by atoms with Gasteiger partial charge in [-0.2, -0.15) is 0 Å². The van der Waals surface area contributed by atoms with Gasteiger partial charge in [-0.25, -0.2) is 4.79 Å². The van der Waals surface area contributed by atoms with Crippen LogP contribution in [0.25, 0.3) is 0 Å². The number of carbonyl (C=O) groups excluding carboxylic acids is 2. The fraction of sp³-hybridized carbons (Fsp3) is 0.400. The first-order valence-corrected chi connectivity index (χ1v) is 10.1. The Balaban J connectivity index is 1.60. The molecule has 1 heterocycles. The number of ether oxygens (including phenoxy) is 2. The van der Waals surface area contributed by atoms with E-state index in [1.165, 1.54) is 47.1 Å². The van der Waals surface area contributed by atoms with E-state index in [4.69, 9.17) is 9.47 Å². The third-order valence-corrected chi connectivity index (χ3v) is 6.18. The van der Waals surface area contributed by atoms with Gasteiger partial charge in [0.15, 0.2) is 6.61 Å². The Kier molecular flexibility index (Phi) is 6.48. The molecule has 8 nitrogen and oxygen atoms in total. The molecule has 3 rings (SSSR count). The molecular weight excluding hydrogens is 396 g/mol. The molecule has 154 valence electrons. The number of fused-ring (bicyclic) bond motifs is 1. The summed E-state index contributed by atoms with van der Waals surface area (Å²) in [4.78, 5) is 36.5. The van der Waals surface area contributed by atoms with Crippen molar-refractivity contribution in [1.29, 1.82) is 0 Å². The van der Waals surface area contributed by atoms with Crippen molar-refractivity contribution < 1.29 is 24.0 Å². The summed E-state index contributed by atoms with van der Waals surface area (Å²) in [6.45, 7) is 1.68. The van der Waals surface area contributed by atoms with Gasteiger partial charge in [0.25, 0.3) is 11.6 Å². The number of non-ortho nitro benzene ring substituents is 1. The highest BCUT2D eigenvalue weighted by molar-refractivity contribution is 7.14. The molecule has 0 bridgehead atoms. The number of hydrogen-bond donors (Lipinski definition) is 1. The van der Waals surface area contributed by atoms with E-state index in [2.05, 4.69) is 12.2 Å². The summed E-state index contributed by atoms with van der Waals surface area (Å²) in [6.07, 6.45) is 4.20. The molecule has 1 aromatic heterocycles. The highest BCUT2D eigenvalue weighted by Gasteiger charge is 2.23. The third kappa shape index (κ3) is 4.92. The van der Waals surface area contributed by atoms with Gasteiger partial charge in [-0.1, -0.05) is 13.3 Å². The largest absolute Gasteiger partial charge is 0.495 e. The Hall–Kier alpha value is -2.94. The first kappa shape index (κ1) is 20.8. The standard InChI is InChI=1S/C20H22N2O6S/c1-3-12-4-7-17-13(8-12)9-18(29-17)20(24)28-11-19(23)21-15-10-14(22(25)26)5-6-16(15)27-2/h5-6,9-10,12H,3-4,7-8,11H2,1-2H3,(H,21,23)/t12-/m1/s1. The number of aryl methyl sites for hydroxylation is 1. The number of thiophene rings is 1. The second kappa shape index (κ2) is 9.04. The van der Waals surface area contributed by atoms with Crippen molar-refractivity contribution in [3.8, 4) is 5.75 Å². The molecule has 1 aliphatic rings. The van der Waals surface area contributed by atoms with Crippen LogP contribution >= 0.6 is 11.3 Å². The minimum Gasteiger partial charge on any atom is -0.495 e. The highest BCUT2D eigenvalue weighted by atomic mass is 32.1. The maximum atomic E-state index is 12.3. The first-order valence-electron chi connectivity index (χ1n) is 9.32. The maximum absolute atomic E-state index is 12.3. The van der Waals surface area contributed by atoms with Crippen LogP contribution < -0.4 is 10.1 Å². The number of nitrogens with zero attached hydrogens (tertiary/aromatic N) is 1. The van der Waals surface area contributed by atoms with E-state index in [9.17, 15) is 19.7 Å². The monoisotopic (exact) mass is 418 g/mol. The molecule has 29 heavy (non-hydrogen) atoms. The second-order valence-corrected chi connectivity index (χ2v) is 7.98. The van der Waals surface area contributed by atoms with Gasteiger partial charge < -0.3 is 14.8 Å². The van der Waals surface area contributed by atoms with Crippen LogP contribution in [0, 0.1) is 16.0 Å². The lowest BCUT2D eigenvalue weighted by atomic mass is 9.87. The van der Waals surface area contributed by atoms with E-state index in [1.54, 1.807) is 0 Å². The summed E-state index contributed by atoms with van der Waals surface area (Å²) in [5, 5.41) is 13.4. The van der Waals surface area contributed by atoms with Crippen molar-refractivity contribution in [2.24, 2.45) is 5.92 Å². The lowest BCUT2D eigenvalue weighted by molar-refractivity contribution is -0.384. The van der Waals surface area contributed by atoms with Crippen molar-refractivity contribution in [2.45, 2.75) is 32.6 Å². The SMILES string of the molecule is CC[C@@H]1CCc2sc(C(=O)OCC(=O)Nc3cc([N+](=O)[O-])ccc3OC)cc2C1. The second-order valence-electron chi connectivity index (χ2n) is 6.84. The molecule has 0 saturated carbocycles. The number of nitro groups is 1. The molecule has 0 fully saturated rings. The van der Waals surface area contributed by atoms with E-state index in [0.717, 1.165) is 25.7 Å². The Labute approximate surface area is 172 Å². The number of esters is 1. The molecule has 0 spiro atoms. The molecule has 2 aromatic rings. The smallest absolute Gasteiger partial charge is 0.348 e. The zero-order valence-corrected chi connectivity index (χ0v) is 17.0. The average Bonchev–Trinajstić information content (AvgIpc) is 3.15. The maximum Gasteiger partial charge on any atom is 0.348 e. The van der Waals surface area contributed by atoms with Crippen LogP contribution in [0.5, 0.6) is 5.75 Å². The summed E-state index contributed by atoms with van der Waals surface area (Å²) in [5.41, 5.74) is 1.15. The Morgan fingerprint density at radius 3 is 2.83 bits per heavy atom. The molecular formula is C20H22N2O6S. The van der Waals surface area contributed by atoms with Crippen molar-refractivity contribution in [3.05, 3.63) is 49.7 Å². The lowest BCUT2D eigenvalue weighted by Crippen LogP contribution is -2.21. The number of nitrogens with one attached hydrogen (secondary N) is 1. The summed E-state index contributed by atoms with van der Waals surface area (Å²) in [6, 6.07) is 5.72. The summed E-state index contributed by atoms with van der Waals surface area (Å²) >= 11 is 1.42. The van der Waals surface area contributed by atoms with Gasteiger partial charge in [0, 0.05) is 17.0 Å². The normalized spacial score (nSPS) is 15.3. The van der Waals surface area contributed by atoms with Crippen molar-refractivity contribution in [3.63, 3.8) is 0 Å². The lowest BCUT2D eigenvalue weighted by Gasteiger charge is -2.19. The zero-order chi connectivity index (χ0) is 21.0. The van der Waals surface area contributed by atoms with Gasteiger partial charge in [0.05, 0.1) is 17.7 Å². The third-order valence-electron chi connectivity index (χ3n) is 4.97. The van der Waals surface area contributed by atoms with Gasteiger partial charge in [-0.05, 0) is 42.9 Å². The number of nitro benzene ring substituents is 1. The van der Waals surface area contributed by atoms with Gasteiger partial charge in [0.2, 0.25) is 0 Å². The molecule has 0 aliphatic heterocycles. The quantitative estimate of drug-likeness (QED) is 0.414. The molecule has 1 amide bonds. The molecule has 1 aliphatic carbocycles. The Bertz CT molecular complexity index is 939. The van der Waals surface area contributed by atoms with E-state index < -0.39 is 23.4 Å². The van der Waals surface area contributed by atoms with Crippen LogP contribution in [0.1, 0.15) is 39.9 Å². The summed E-state index contributed by atoms with van der Waals surface area (Å²) in [7, 11) is 1.39. The van der Waals surface area contributed by atoms with Crippen LogP contribution in [0.3, 0.4) is 0 Å². The molecule has 0 saturated heterocycles. The average molecular weight is 418 g/mol. The number of carbonyl (C=O) groups is 2. The van der Waals surface area contributed by atoms with E-state index >= 15 is 0 Å². The fourth-order valence-corrected chi connectivity index (χ4v) is 4.45. The van der Waals surface area contributed by atoms with Crippen LogP contribution in [0.2, 0.25) is 0 Å². The molecule has 1 aromatic carbocycles. The molecule has 9 heteroatoms. The van der Waals surface area contributed by atoms with E-state index in [1.807, 2.05) is 6.07 Å². The zero-order valence-electron chi connectivity index (χ0n) is 16.2. The van der Waals surface area contributed by atoms with E-state index in [0.29, 0.717) is 10.8 Å². The topological polar surface area (TPSA) is 108 Å². The summed E-state index contributed by atoms with van der Waals surface area (Å²) < 4.78 is 10.2. The first-order chi connectivity index (χ1) is 13.9. The van der Waals surface area contributed by atoms with Gasteiger partial charge in [-0.15, -0.1) is 11.3 Å². The van der Waals surface area contributed by atoms with Crippen LogP contribution in [-0.4, -0.2) is 30.5 Å². The molecule has 1 atom stereocenters. The number of hydrogen-bond acceptors (Lipinski definition) is 7. The van der Waals surface area contributed by atoms with E-state index in [-0.39, 0.29) is 17.1 Å². The van der Waals surface area contributed by atoms with Gasteiger partial charge >= 0.3 is 5.97 Å². The van der Waals surface area contributed by atoms with Crippen molar-refractivity contribution in [2.75, 3.05) is 19.0 Å². The number of anilines is 1. The van der Waals surface area contributed by atoms with Crippen LogP contribution in [0.4, 0.5) is 11.4 Å². The minimum absolute atomic E-state index is 0.139. The Morgan fingerprint density at radius 2 is 2.14 bits per heavy atom. The minimum atomic E-state index is -0.607. The number of amides is 1.